The first-order valence-electron chi connectivity index (χ1n) is 8.85. The molecule has 0 radical (unpaired) electrons. The van der Waals surface area contributed by atoms with Crippen molar-refractivity contribution >= 4 is 35.1 Å². The SMILES string of the molecule is CC(N)C(=O)NC(C)C(=O)N1CCCC1C(=O)NC(C(=O)CCl)C(C)C. The number of nitrogens with two attached hydrogens (primary N) is 1. The molecular weight excluding hydrogens is 360 g/mol. The minimum Gasteiger partial charge on any atom is -0.344 e. The number of hydrogen-bond donors (Lipinski definition) is 3. The van der Waals surface area contributed by atoms with E-state index in [9.17, 15) is 19.2 Å². The Bertz CT molecular complexity index is 553. The molecule has 0 aromatic carbocycles. The van der Waals surface area contributed by atoms with Crippen LogP contribution in [0.1, 0.15) is 40.5 Å². The minimum atomic E-state index is -0.785. The molecule has 0 saturated carbocycles. The van der Waals surface area contributed by atoms with Gasteiger partial charge in [-0.1, -0.05) is 13.8 Å². The fourth-order valence-corrected chi connectivity index (χ4v) is 3.08. The largest absolute Gasteiger partial charge is 0.344 e. The molecule has 1 rings (SSSR count). The van der Waals surface area contributed by atoms with E-state index in [1.165, 1.54) is 11.8 Å². The molecular formula is C17H29ClN4O4. The fourth-order valence-electron chi connectivity index (χ4n) is 2.91. The fraction of sp³-hybridized carbons (Fsp3) is 0.765. The van der Waals surface area contributed by atoms with E-state index in [1.54, 1.807) is 6.92 Å². The predicted octanol–water partition coefficient (Wildman–Crippen LogP) is -0.222. The van der Waals surface area contributed by atoms with Gasteiger partial charge >= 0.3 is 0 Å². The van der Waals surface area contributed by atoms with Gasteiger partial charge in [0.1, 0.15) is 12.1 Å². The maximum absolute atomic E-state index is 12.6. The molecule has 4 atom stereocenters. The molecule has 0 aliphatic carbocycles. The van der Waals surface area contributed by atoms with E-state index in [1.807, 2.05) is 13.8 Å². The van der Waals surface area contributed by atoms with E-state index in [2.05, 4.69) is 10.6 Å². The third-order valence-electron chi connectivity index (χ3n) is 4.42. The highest BCUT2D eigenvalue weighted by Crippen LogP contribution is 2.19. The van der Waals surface area contributed by atoms with Gasteiger partial charge in [0.15, 0.2) is 5.78 Å². The molecule has 9 heteroatoms. The molecule has 3 amide bonds. The molecule has 148 valence electrons. The topological polar surface area (TPSA) is 122 Å². The average Bonchev–Trinajstić information content (AvgIpc) is 3.07. The van der Waals surface area contributed by atoms with Crippen LogP contribution in [0.5, 0.6) is 0 Å². The van der Waals surface area contributed by atoms with Crippen LogP contribution >= 0.6 is 11.6 Å². The maximum Gasteiger partial charge on any atom is 0.245 e. The van der Waals surface area contributed by atoms with Gasteiger partial charge in [-0.2, -0.15) is 0 Å². The summed E-state index contributed by atoms with van der Waals surface area (Å²) < 4.78 is 0. The van der Waals surface area contributed by atoms with Crippen LogP contribution in [0.3, 0.4) is 0 Å². The van der Waals surface area contributed by atoms with E-state index >= 15 is 0 Å². The van der Waals surface area contributed by atoms with Crippen LogP contribution in [0.25, 0.3) is 0 Å². The van der Waals surface area contributed by atoms with Crippen molar-refractivity contribution in [3.05, 3.63) is 0 Å². The highest BCUT2D eigenvalue weighted by Gasteiger charge is 2.38. The Hall–Kier alpha value is -1.67. The van der Waals surface area contributed by atoms with Crippen molar-refractivity contribution in [3.8, 4) is 0 Å². The van der Waals surface area contributed by atoms with Crippen molar-refractivity contribution in [3.63, 3.8) is 0 Å². The summed E-state index contributed by atoms with van der Waals surface area (Å²) in [6.45, 7) is 7.14. The first-order valence-corrected chi connectivity index (χ1v) is 9.39. The van der Waals surface area contributed by atoms with Gasteiger partial charge in [0.25, 0.3) is 0 Å². The Morgan fingerprint density at radius 2 is 1.77 bits per heavy atom. The first-order chi connectivity index (χ1) is 12.1. The van der Waals surface area contributed by atoms with Gasteiger partial charge in [0.05, 0.1) is 18.0 Å². The van der Waals surface area contributed by atoms with Crippen LogP contribution in [-0.2, 0) is 19.2 Å². The number of likely N-dealkylation sites (tertiary alicyclic amines) is 1. The molecule has 0 bridgehead atoms. The normalized spacial score (nSPS) is 20.4. The molecule has 4 N–H and O–H groups in total. The lowest BCUT2D eigenvalue weighted by Gasteiger charge is -2.29. The molecule has 1 heterocycles. The van der Waals surface area contributed by atoms with Gasteiger partial charge in [-0.05, 0) is 32.6 Å². The molecule has 1 aliphatic rings. The zero-order chi connectivity index (χ0) is 20.0. The van der Waals surface area contributed by atoms with Crippen LogP contribution < -0.4 is 16.4 Å². The number of amides is 3. The Labute approximate surface area is 159 Å². The molecule has 0 spiro atoms. The Kier molecular flexibility index (Phi) is 8.49. The first kappa shape index (κ1) is 22.4. The number of rotatable bonds is 8. The van der Waals surface area contributed by atoms with Crippen LogP contribution in [0.15, 0.2) is 0 Å². The second kappa shape index (κ2) is 9.87. The quantitative estimate of drug-likeness (QED) is 0.496. The molecule has 8 nitrogen and oxygen atoms in total. The molecule has 4 unspecified atom stereocenters. The van der Waals surface area contributed by atoms with Gasteiger partial charge in [-0.3, -0.25) is 19.2 Å². The Morgan fingerprint density at radius 1 is 1.15 bits per heavy atom. The van der Waals surface area contributed by atoms with E-state index in [4.69, 9.17) is 17.3 Å². The highest BCUT2D eigenvalue weighted by atomic mass is 35.5. The van der Waals surface area contributed by atoms with Crippen molar-refractivity contribution in [2.24, 2.45) is 11.7 Å². The lowest BCUT2D eigenvalue weighted by atomic mass is 10.00. The smallest absolute Gasteiger partial charge is 0.245 e. The van der Waals surface area contributed by atoms with Gasteiger partial charge in [0.2, 0.25) is 17.7 Å². The van der Waals surface area contributed by atoms with E-state index in [0.717, 1.165) is 0 Å². The summed E-state index contributed by atoms with van der Waals surface area (Å²) in [4.78, 5) is 50.3. The number of carbonyl (C=O) groups excluding carboxylic acids is 4. The van der Waals surface area contributed by atoms with Gasteiger partial charge in [0, 0.05) is 6.54 Å². The summed E-state index contributed by atoms with van der Waals surface area (Å²) in [6.07, 6.45) is 1.18. The van der Waals surface area contributed by atoms with Crippen molar-refractivity contribution in [1.29, 1.82) is 0 Å². The van der Waals surface area contributed by atoms with Crippen molar-refractivity contribution in [2.75, 3.05) is 12.4 Å². The second-order valence-electron chi connectivity index (χ2n) is 7.04. The summed E-state index contributed by atoms with van der Waals surface area (Å²) in [7, 11) is 0. The monoisotopic (exact) mass is 388 g/mol. The summed E-state index contributed by atoms with van der Waals surface area (Å²) >= 11 is 5.61. The molecule has 1 aliphatic heterocycles. The zero-order valence-electron chi connectivity index (χ0n) is 15.8. The molecule has 0 aromatic heterocycles. The number of nitrogens with zero attached hydrogens (tertiary/aromatic N) is 1. The summed E-state index contributed by atoms with van der Waals surface area (Å²) in [6, 6.07) is -2.86. The summed E-state index contributed by atoms with van der Waals surface area (Å²) in [5, 5.41) is 5.26. The van der Waals surface area contributed by atoms with E-state index < -0.39 is 30.1 Å². The summed E-state index contributed by atoms with van der Waals surface area (Å²) in [5.74, 6) is -1.71. The van der Waals surface area contributed by atoms with Crippen LogP contribution in [0, 0.1) is 5.92 Å². The van der Waals surface area contributed by atoms with Gasteiger partial charge < -0.3 is 21.3 Å². The maximum atomic E-state index is 12.6. The molecule has 26 heavy (non-hydrogen) atoms. The van der Waals surface area contributed by atoms with Gasteiger partial charge in [-0.25, -0.2) is 0 Å². The number of ketones is 1. The number of hydrogen-bond acceptors (Lipinski definition) is 5. The number of Topliss-reactive ketones (excluding diaryl/α,β-unsaturated/α-hetero) is 1. The molecule has 0 aromatic rings. The standard InChI is InChI=1S/C17H29ClN4O4/c1-9(2)14(13(23)8-18)21-16(25)12-6-5-7-22(12)17(26)11(4)20-15(24)10(3)19/h9-12,14H,5-8,19H2,1-4H3,(H,20,24)(H,21,25). The lowest BCUT2D eigenvalue weighted by Crippen LogP contribution is -2.56. The number of alkyl halides is 1. The van der Waals surface area contributed by atoms with Crippen LogP contribution in [0.4, 0.5) is 0 Å². The lowest BCUT2D eigenvalue weighted by molar-refractivity contribution is -0.141. The van der Waals surface area contributed by atoms with Crippen molar-refractivity contribution in [1.82, 2.24) is 15.5 Å². The predicted molar refractivity (Wildman–Crippen MR) is 98.5 cm³/mol. The number of carbonyl (C=O) groups is 4. The highest BCUT2D eigenvalue weighted by molar-refractivity contribution is 6.28. The zero-order valence-corrected chi connectivity index (χ0v) is 16.5. The average molecular weight is 389 g/mol. The number of nitrogens with one attached hydrogen (secondary N) is 2. The van der Waals surface area contributed by atoms with Crippen LogP contribution in [0.2, 0.25) is 0 Å². The third kappa shape index (κ3) is 5.67. The Balaban J connectivity index is 2.79. The number of halogens is 1. The van der Waals surface area contributed by atoms with Gasteiger partial charge in [-0.15, -0.1) is 11.6 Å². The Morgan fingerprint density at radius 3 is 2.27 bits per heavy atom. The van der Waals surface area contributed by atoms with E-state index in [-0.39, 0.29) is 29.4 Å². The summed E-state index contributed by atoms with van der Waals surface area (Å²) in [5.41, 5.74) is 5.49. The molecule has 1 fully saturated rings. The minimum absolute atomic E-state index is 0.111. The third-order valence-corrected chi connectivity index (χ3v) is 4.69. The molecule has 1 saturated heterocycles. The van der Waals surface area contributed by atoms with Crippen LogP contribution in [-0.4, -0.2) is 65.0 Å². The second-order valence-corrected chi connectivity index (χ2v) is 7.31. The van der Waals surface area contributed by atoms with Crippen molar-refractivity contribution in [2.45, 2.75) is 64.7 Å². The van der Waals surface area contributed by atoms with Crippen molar-refractivity contribution < 1.29 is 19.2 Å². The van der Waals surface area contributed by atoms with E-state index in [0.29, 0.717) is 19.4 Å².